The van der Waals surface area contributed by atoms with Gasteiger partial charge in [-0.1, -0.05) is 12.1 Å². The van der Waals surface area contributed by atoms with E-state index < -0.39 is 17.9 Å². The number of methoxy groups -OCH3 is 1. The van der Waals surface area contributed by atoms with Gasteiger partial charge in [-0.15, -0.1) is 0 Å². The number of aliphatic carboxylic acids is 1. The summed E-state index contributed by atoms with van der Waals surface area (Å²) in [5, 5.41) is 18.8. The zero-order chi connectivity index (χ0) is 14.6. The minimum absolute atomic E-state index is 0.141. The molecule has 0 aliphatic rings. The molecule has 0 bridgehead atoms. The van der Waals surface area contributed by atoms with Crippen molar-refractivity contribution in [1.29, 1.82) is 0 Å². The van der Waals surface area contributed by atoms with Gasteiger partial charge in [0.15, 0.2) is 0 Å². The number of carboxylic acid groups (broad SMARTS) is 1. The van der Waals surface area contributed by atoms with E-state index in [1.807, 2.05) is 0 Å². The van der Waals surface area contributed by atoms with Crippen molar-refractivity contribution in [2.45, 2.75) is 19.9 Å². The van der Waals surface area contributed by atoms with Crippen LogP contribution < -0.4 is 4.90 Å². The van der Waals surface area contributed by atoms with E-state index >= 15 is 0 Å². The van der Waals surface area contributed by atoms with Gasteiger partial charge in [0.05, 0.1) is 18.3 Å². The summed E-state index contributed by atoms with van der Waals surface area (Å²) in [5.74, 6) is -2.82. The molecule has 0 radical (unpaired) electrons. The molecule has 1 aromatic carbocycles. The van der Waals surface area contributed by atoms with Gasteiger partial charge in [0.2, 0.25) is 0 Å². The van der Waals surface area contributed by atoms with Gasteiger partial charge in [-0.2, -0.15) is 0 Å². The third-order valence-corrected chi connectivity index (χ3v) is 2.71. The summed E-state index contributed by atoms with van der Waals surface area (Å²) in [5.41, 5.74) is 0.803. The highest BCUT2D eigenvalue weighted by atomic mass is 16.5. The molecule has 1 rings (SSSR count). The van der Waals surface area contributed by atoms with Crippen LogP contribution in [0.1, 0.15) is 12.5 Å². The van der Waals surface area contributed by atoms with Crippen LogP contribution in [-0.4, -0.2) is 41.8 Å². The Bertz CT molecular complexity index is 466. The summed E-state index contributed by atoms with van der Waals surface area (Å²) in [4.78, 5) is 23.8. The van der Waals surface area contributed by atoms with Crippen LogP contribution in [0.4, 0.5) is 5.69 Å². The molecule has 0 saturated carbocycles. The maximum absolute atomic E-state index is 11.8. The minimum atomic E-state index is -1.58. The molecule has 0 aliphatic heterocycles. The molecule has 1 atom stereocenters. The summed E-state index contributed by atoms with van der Waals surface area (Å²) in [6.45, 7) is 3.50. The lowest BCUT2D eigenvalue weighted by molar-refractivity contribution is -0.149. The lowest BCUT2D eigenvalue weighted by atomic mass is 10.1. The number of aryl methyl sites for hydroxylation is 1. The Morgan fingerprint density at radius 1 is 1.42 bits per heavy atom. The third kappa shape index (κ3) is 3.23. The monoisotopic (exact) mass is 267 g/mol. The van der Waals surface area contributed by atoms with Crippen molar-refractivity contribution in [2.75, 3.05) is 18.6 Å². The highest BCUT2D eigenvalue weighted by molar-refractivity contribution is 6.37. The molecule has 1 unspecified atom stereocenters. The van der Waals surface area contributed by atoms with E-state index in [1.165, 1.54) is 13.2 Å². The smallest absolute Gasteiger partial charge is 0.394 e. The third-order valence-electron chi connectivity index (χ3n) is 2.71. The summed E-state index contributed by atoms with van der Waals surface area (Å²) in [7, 11) is 1.46. The predicted molar refractivity (Wildman–Crippen MR) is 69.3 cm³/mol. The first-order chi connectivity index (χ1) is 8.90. The number of anilines is 1. The molecule has 0 aromatic heterocycles. The molecule has 19 heavy (non-hydrogen) atoms. The van der Waals surface area contributed by atoms with E-state index in [0.717, 1.165) is 4.90 Å². The van der Waals surface area contributed by atoms with Gasteiger partial charge in [-0.25, -0.2) is 4.79 Å². The fourth-order valence-corrected chi connectivity index (χ4v) is 1.90. The maximum Gasteiger partial charge on any atom is 0.394 e. The molecule has 0 fully saturated rings. The van der Waals surface area contributed by atoms with Gasteiger partial charge >= 0.3 is 11.9 Å². The molecule has 1 amide bonds. The molecule has 0 spiro atoms. The van der Waals surface area contributed by atoms with Crippen LogP contribution in [0.25, 0.3) is 0 Å². The number of carbonyl (C=O) groups excluding carboxylic acids is 1. The fraction of sp³-hybridized carbons (Fsp3) is 0.385. The predicted octanol–water partition coefficient (Wildman–Crippen LogP) is 1.15. The van der Waals surface area contributed by atoms with Crippen molar-refractivity contribution in [3.05, 3.63) is 23.8 Å². The molecule has 0 aliphatic carbocycles. The van der Waals surface area contributed by atoms with Gasteiger partial charge in [-0.3, -0.25) is 9.69 Å². The number of nitrogens with zero attached hydrogens (tertiary/aromatic N) is 1. The van der Waals surface area contributed by atoms with Crippen LogP contribution >= 0.6 is 0 Å². The van der Waals surface area contributed by atoms with Gasteiger partial charge in [0.1, 0.15) is 5.75 Å². The van der Waals surface area contributed by atoms with Gasteiger partial charge in [0, 0.05) is 7.11 Å². The van der Waals surface area contributed by atoms with E-state index in [9.17, 15) is 14.7 Å². The lowest BCUT2D eigenvalue weighted by Gasteiger charge is -2.29. The number of aromatic hydroxyl groups is 1. The molecular weight excluding hydrogens is 250 g/mol. The Morgan fingerprint density at radius 3 is 2.53 bits per heavy atom. The van der Waals surface area contributed by atoms with Gasteiger partial charge < -0.3 is 14.9 Å². The molecule has 104 valence electrons. The van der Waals surface area contributed by atoms with Crippen molar-refractivity contribution in [1.82, 2.24) is 0 Å². The van der Waals surface area contributed by atoms with Crippen LogP contribution in [0.3, 0.4) is 0 Å². The van der Waals surface area contributed by atoms with E-state index in [2.05, 4.69) is 0 Å². The zero-order valence-corrected chi connectivity index (χ0v) is 11.1. The van der Waals surface area contributed by atoms with Crippen molar-refractivity contribution >= 4 is 17.6 Å². The number of phenolic OH excluding ortho intramolecular Hbond substituents is 1. The maximum atomic E-state index is 11.8. The number of hydrogen-bond acceptors (Lipinski definition) is 4. The van der Waals surface area contributed by atoms with Crippen LogP contribution in [0.15, 0.2) is 18.2 Å². The molecule has 0 heterocycles. The first kappa shape index (κ1) is 15.0. The highest BCUT2D eigenvalue weighted by Crippen LogP contribution is 2.32. The Hall–Kier alpha value is -2.08. The van der Waals surface area contributed by atoms with E-state index in [-0.39, 0.29) is 18.0 Å². The summed E-state index contributed by atoms with van der Waals surface area (Å²) in [6.07, 6.45) is 0. The lowest BCUT2D eigenvalue weighted by Crippen LogP contribution is -2.45. The van der Waals surface area contributed by atoms with Crippen molar-refractivity contribution < 1.29 is 24.5 Å². The SMILES string of the molecule is COCC(C)N(C(=O)C(=O)O)c1c(C)cccc1O. The fourth-order valence-electron chi connectivity index (χ4n) is 1.90. The average Bonchev–Trinajstić information content (AvgIpc) is 2.33. The van der Waals surface area contributed by atoms with E-state index in [0.29, 0.717) is 5.56 Å². The van der Waals surface area contributed by atoms with Crippen molar-refractivity contribution in [2.24, 2.45) is 0 Å². The number of phenols is 1. The number of benzene rings is 1. The first-order valence-corrected chi connectivity index (χ1v) is 5.74. The van der Waals surface area contributed by atoms with Crippen LogP contribution in [-0.2, 0) is 14.3 Å². The number of para-hydroxylation sites is 1. The largest absolute Gasteiger partial charge is 0.506 e. The second kappa shape index (κ2) is 6.19. The van der Waals surface area contributed by atoms with Crippen molar-refractivity contribution in [3.63, 3.8) is 0 Å². The quantitative estimate of drug-likeness (QED) is 0.799. The molecular formula is C13H17NO5. The number of carbonyl (C=O) groups is 2. The number of rotatable bonds is 4. The molecule has 2 N–H and O–H groups in total. The Labute approximate surface area is 111 Å². The molecule has 0 saturated heterocycles. The zero-order valence-electron chi connectivity index (χ0n) is 11.1. The molecule has 6 nitrogen and oxygen atoms in total. The average molecular weight is 267 g/mol. The Balaban J connectivity index is 3.31. The van der Waals surface area contributed by atoms with Crippen molar-refractivity contribution in [3.8, 4) is 5.75 Å². The Morgan fingerprint density at radius 2 is 2.05 bits per heavy atom. The number of ether oxygens (including phenoxy) is 1. The molecule has 1 aromatic rings. The summed E-state index contributed by atoms with van der Waals surface area (Å²) in [6, 6.07) is 4.21. The number of amides is 1. The topological polar surface area (TPSA) is 87.1 Å². The van der Waals surface area contributed by atoms with Crippen LogP contribution in [0, 0.1) is 6.92 Å². The van der Waals surface area contributed by atoms with Crippen LogP contribution in [0.5, 0.6) is 5.75 Å². The van der Waals surface area contributed by atoms with E-state index in [1.54, 1.807) is 26.0 Å². The Kier molecular flexibility index (Phi) is 4.88. The summed E-state index contributed by atoms with van der Waals surface area (Å²) >= 11 is 0. The van der Waals surface area contributed by atoms with Gasteiger partial charge in [0.25, 0.3) is 0 Å². The normalized spacial score (nSPS) is 11.9. The molecule has 6 heteroatoms. The minimum Gasteiger partial charge on any atom is -0.506 e. The number of hydrogen-bond donors (Lipinski definition) is 2. The van der Waals surface area contributed by atoms with E-state index in [4.69, 9.17) is 9.84 Å². The highest BCUT2D eigenvalue weighted by Gasteiger charge is 2.30. The second-order valence-electron chi connectivity index (χ2n) is 4.23. The number of carboxylic acids is 1. The van der Waals surface area contributed by atoms with Crippen LogP contribution in [0.2, 0.25) is 0 Å². The standard InChI is InChI=1S/C13H17NO5/c1-8-5-4-6-10(15)11(8)14(9(2)7-19-3)12(16)13(17)18/h4-6,9,15H,7H2,1-3H3,(H,17,18). The summed E-state index contributed by atoms with van der Waals surface area (Å²) < 4.78 is 4.95. The first-order valence-electron chi connectivity index (χ1n) is 5.74. The second-order valence-corrected chi connectivity index (χ2v) is 4.23. The van der Waals surface area contributed by atoms with Gasteiger partial charge in [-0.05, 0) is 25.5 Å².